The molecule has 5 rings (SSSR count). The van der Waals surface area contributed by atoms with Gasteiger partial charge in [0.15, 0.2) is 0 Å². The van der Waals surface area contributed by atoms with Crippen molar-refractivity contribution in [3.8, 4) is 0 Å². The van der Waals surface area contributed by atoms with E-state index in [1.165, 1.54) is 12.1 Å². The van der Waals surface area contributed by atoms with E-state index < -0.39 is 22.3 Å². The number of halogens is 2. The van der Waals surface area contributed by atoms with E-state index in [2.05, 4.69) is 5.32 Å². The Hall–Kier alpha value is -4.14. The van der Waals surface area contributed by atoms with E-state index >= 15 is 0 Å². The van der Waals surface area contributed by atoms with E-state index in [9.17, 15) is 28.5 Å². The molecule has 1 aliphatic carbocycles. The van der Waals surface area contributed by atoms with Crippen molar-refractivity contribution >= 4 is 17.5 Å². The lowest BCUT2D eigenvalue weighted by Crippen LogP contribution is -2.59. The third kappa shape index (κ3) is 5.14. The van der Waals surface area contributed by atoms with Gasteiger partial charge in [-0.2, -0.15) is 0 Å². The largest absolute Gasteiger partial charge is 0.349 e. The van der Waals surface area contributed by atoms with Gasteiger partial charge in [0, 0.05) is 30.8 Å². The summed E-state index contributed by atoms with van der Waals surface area (Å²) in [4.78, 5) is 37.7. The molecule has 2 fully saturated rings. The van der Waals surface area contributed by atoms with Gasteiger partial charge in [0.2, 0.25) is 0 Å². The van der Waals surface area contributed by atoms with Gasteiger partial charge in [0.25, 0.3) is 17.5 Å². The zero-order valence-corrected chi connectivity index (χ0v) is 20.7. The lowest BCUT2D eigenvalue weighted by molar-refractivity contribution is -0.385. The molecule has 2 amide bonds. The number of nitro groups is 1. The minimum Gasteiger partial charge on any atom is -0.349 e. The van der Waals surface area contributed by atoms with Crippen LogP contribution in [0.2, 0.25) is 0 Å². The van der Waals surface area contributed by atoms with Crippen LogP contribution in [0.1, 0.15) is 57.5 Å². The highest BCUT2D eigenvalue weighted by Gasteiger charge is 2.49. The van der Waals surface area contributed by atoms with Gasteiger partial charge in [0.1, 0.15) is 11.6 Å². The van der Waals surface area contributed by atoms with Gasteiger partial charge in [-0.3, -0.25) is 19.7 Å². The first-order valence-electron chi connectivity index (χ1n) is 12.6. The molecule has 1 heterocycles. The molecule has 1 saturated heterocycles. The molecule has 1 saturated carbocycles. The quantitative estimate of drug-likeness (QED) is 0.354. The number of hydrogen-bond acceptors (Lipinski definition) is 4. The SMILES string of the molecule is O=C(NC1CCC12CCN(C(=O)c1ccc(Cc3cccc(F)c3)cc1)CC2)c1ccc([N+](=O)[O-])cc1F. The van der Waals surface area contributed by atoms with Crippen molar-refractivity contribution < 1.29 is 23.3 Å². The first kappa shape index (κ1) is 25.5. The van der Waals surface area contributed by atoms with Crippen LogP contribution in [0.4, 0.5) is 14.5 Å². The molecule has 3 aromatic carbocycles. The lowest BCUT2D eigenvalue weighted by Gasteiger charge is -2.54. The standard InChI is InChI=1S/C29H27F2N3O4/c30-22-3-1-2-20(17-22)16-19-4-6-21(7-5-19)28(36)33-14-12-29(13-15-33)11-10-26(29)32-27(35)24-9-8-23(34(37)38)18-25(24)31/h1-9,17-18,26H,10-16H2,(H,32,35). The number of amides is 2. The molecule has 38 heavy (non-hydrogen) atoms. The average molecular weight is 520 g/mol. The smallest absolute Gasteiger partial charge is 0.272 e. The fourth-order valence-electron chi connectivity index (χ4n) is 5.54. The second kappa shape index (κ2) is 10.3. The zero-order chi connectivity index (χ0) is 26.9. The monoisotopic (exact) mass is 519 g/mol. The van der Waals surface area contributed by atoms with Crippen LogP contribution in [0.15, 0.2) is 66.7 Å². The maximum Gasteiger partial charge on any atom is 0.272 e. The fraction of sp³-hybridized carbons (Fsp3) is 0.310. The first-order chi connectivity index (χ1) is 18.2. The number of nitro benzene ring substituents is 1. The van der Waals surface area contributed by atoms with Gasteiger partial charge >= 0.3 is 0 Å². The number of piperidine rings is 1. The Balaban J connectivity index is 1.16. The van der Waals surface area contributed by atoms with E-state index in [1.54, 1.807) is 18.2 Å². The third-order valence-corrected chi connectivity index (χ3v) is 7.93. The van der Waals surface area contributed by atoms with Crippen LogP contribution >= 0.6 is 0 Å². The maximum atomic E-state index is 14.3. The van der Waals surface area contributed by atoms with E-state index in [1.807, 2.05) is 23.1 Å². The van der Waals surface area contributed by atoms with Crippen LogP contribution < -0.4 is 5.32 Å². The molecule has 0 bridgehead atoms. The highest BCUT2D eigenvalue weighted by atomic mass is 19.1. The van der Waals surface area contributed by atoms with Crippen LogP contribution in [-0.4, -0.2) is 40.8 Å². The van der Waals surface area contributed by atoms with Crippen LogP contribution in [0.5, 0.6) is 0 Å². The average Bonchev–Trinajstić information content (AvgIpc) is 2.91. The molecule has 0 aromatic heterocycles. The Morgan fingerprint density at radius 3 is 2.32 bits per heavy atom. The van der Waals surface area contributed by atoms with Gasteiger partial charge in [-0.25, -0.2) is 8.78 Å². The van der Waals surface area contributed by atoms with Gasteiger partial charge in [-0.15, -0.1) is 0 Å². The Bertz CT molecular complexity index is 1380. The molecule has 1 aliphatic heterocycles. The van der Waals surface area contributed by atoms with E-state index in [0.717, 1.165) is 55.0 Å². The fourth-order valence-corrected chi connectivity index (χ4v) is 5.54. The summed E-state index contributed by atoms with van der Waals surface area (Å²) in [5, 5.41) is 13.7. The van der Waals surface area contributed by atoms with Gasteiger partial charge in [-0.05, 0) is 79.0 Å². The molecule has 2 aliphatic rings. The maximum absolute atomic E-state index is 14.3. The molecular formula is C29H27F2N3O4. The second-order valence-corrected chi connectivity index (χ2v) is 10.1. The number of nitrogens with zero attached hydrogens (tertiary/aromatic N) is 2. The minimum atomic E-state index is -0.924. The number of carbonyl (C=O) groups is 2. The van der Waals surface area contributed by atoms with Crippen molar-refractivity contribution in [1.29, 1.82) is 0 Å². The highest BCUT2D eigenvalue weighted by Crippen LogP contribution is 2.49. The Morgan fingerprint density at radius 2 is 1.71 bits per heavy atom. The Morgan fingerprint density at radius 1 is 0.974 bits per heavy atom. The molecule has 1 N–H and O–H groups in total. The summed E-state index contributed by atoms with van der Waals surface area (Å²) >= 11 is 0. The van der Waals surface area contributed by atoms with Crippen LogP contribution in [0.25, 0.3) is 0 Å². The topological polar surface area (TPSA) is 92.6 Å². The molecule has 3 aromatic rings. The van der Waals surface area contributed by atoms with E-state index in [4.69, 9.17) is 0 Å². The summed E-state index contributed by atoms with van der Waals surface area (Å²) in [6, 6.07) is 16.7. The molecule has 7 nitrogen and oxygen atoms in total. The second-order valence-electron chi connectivity index (χ2n) is 10.1. The Kier molecular flexibility index (Phi) is 6.93. The number of benzene rings is 3. The molecule has 196 valence electrons. The predicted octanol–water partition coefficient (Wildman–Crippen LogP) is 5.28. The van der Waals surface area contributed by atoms with Crippen molar-refractivity contribution in [2.45, 2.75) is 38.1 Å². The minimum absolute atomic E-state index is 0.0509. The number of rotatable bonds is 6. The summed E-state index contributed by atoms with van der Waals surface area (Å²) in [5.41, 5.74) is 1.68. The summed E-state index contributed by atoms with van der Waals surface area (Å²) in [7, 11) is 0. The summed E-state index contributed by atoms with van der Waals surface area (Å²) in [6.07, 6.45) is 3.71. The lowest BCUT2D eigenvalue weighted by atomic mass is 9.59. The van der Waals surface area contributed by atoms with Crippen LogP contribution in [-0.2, 0) is 6.42 Å². The summed E-state index contributed by atoms with van der Waals surface area (Å²) in [5.74, 6) is -1.83. The normalized spacial score (nSPS) is 18.1. The summed E-state index contributed by atoms with van der Waals surface area (Å²) in [6.45, 7) is 1.12. The third-order valence-electron chi connectivity index (χ3n) is 7.93. The molecule has 1 spiro atoms. The number of non-ortho nitro benzene ring substituents is 1. The molecule has 9 heteroatoms. The van der Waals surface area contributed by atoms with Crippen molar-refractivity contribution in [2.24, 2.45) is 5.41 Å². The number of carbonyl (C=O) groups excluding carboxylic acids is 2. The van der Waals surface area contributed by atoms with Crippen LogP contribution in [0.3, 0.4) is 0 Å². The highest BCUT2D eigenvalue weighted by molar-refractivity contribution is 5.95. The zero-order valence-electron chi connectivity index (χ0n) is 20.7. The number of likely N-dealkylation sites (tertiary alicyclic amines) is 1. The summed E-state index contributed by atoms with van der Waals surface area (Å²) < 4.78 is 27.7. The first-order valence-corrected chi connectivity index (χ1v) is 12.6. The van der Waals surface area contributed by atoms with Gasteiger partial charge < -0.3 is 10.2 Å². The van der Waals surface area contributed by atoms with E-state index in [0.29, 0.717) is 25.1 Å². The van der Waals surface area contributed by atoms with E-state index in [-0.39, 0.29) is 28.7 Å². The predicted molar refractivity (Wildman–Crippen MR) is 137 cm³/mol. The van der Waals surface area contributed by atoms with Crippen molar-refractivity contribution in [1.82, 2.24) is 10.2 Å². The van der Waals surface area contributed by atoms with Crippen molar-refractivity contribution in [3.05, 3.63) is 111 Å². The molecule has 1 atom stereocenters. The van der Waals surface area contributed by atoms with Gasteiger partial charge in [-0.1, -0.05) is 24.3 Å². The number of hydrogen-bond donors (Lipinski definition) is 1. The van der Waals surface area contributed by atoms with Crippen molar-refractivity contribution in [3.63, 3.8) is 0 Å². The molecule has 1 unspecified atom stereocenters. The van der Waals surface area contributed by atoms with Gasteiger partial charge in [0.05, 0.1) is 16.6 Å². The van der Waals surface area contributed by atoms with Crippen molar-refractivity contribution in [2.75, 3.05) is 13.1 Å². The Labute approximate surface area is 218 Å². The molecule has 0 radical (unpaired) electrons. The number of nitrogens with one attached hydrogen (secondary N) is 1. The molecular weight excluding hydrogens is 492 g/mol. The van der Waals surface area contributed by atoms with Crippen LogP contribution in [0, 0.1) is 27.2 Å².